The molecule has 1 aromatic rings. The van der Waals surface area contributed by atoms with Crippen LogP contribution in [0.15, 0.2) is 24.3 Å². The molecule has 1 aliphatic heterocycles. The number of rotatable bonds is 2. The second-order valence-electron chi connectivity index (χ2n) is 5.11. The summed E-state index contributed by atoms with van der Waals surface area (Å²) in [5, 5.41) is 3.29. The fraction of sp³-hybridized carbons (Fsp3) is 0.500. The van der Waals surface area contributed by atoms with Gasteiger partial charge in [-0.2, -0.15) is 0 Å². The number of carbonyl (C=O) groups excluding carboxylic acids is 1. The van der Waals surface area contributed by atoms with E-state index in [1.807, 2.05) is 7.05 Å². The van der Waals surface area contributed by atoms with Crippen molar-refractivity contribution < 1.29 is 9.18 Å². The average molecular weight is 250 g/mol. The summed E-state index contributed by atoms with van der Waals surface area (Å²) >= 11 is 0. The molecule has 0 aromatic heterocycles. The molecule has 0 aliphatic carbocycles. The highest BCUT2D eigenvalue weighted by atomic mass is 19.1. The molecule has 4 heteroatoms. The molecule has 0 saturated carbocycles. The summed E-state index contributed by atoms with van der Waals surface area (Å²) in [5.41, 5.74) is 0.543. The standard InChI is InChI=1S/C14H19FN2O/c1-14(16-2)6-8-17(9-7-14)13(18)11-4-3-5-12(15)10-11/h3-5,10,16H,6-9H2,1-2H3. The zero-order valence-electron chi connectivity index (χ0n) is 10.9. The van der Waals surface area contributed by atoms with E-state index in [-0.39, 0.29) is 17.3 Å². The molecule has 0 spiro atoms. The normalized spacial score (nSPS) is 18.7. The molecular formula is C14H19FN2O. The number of hydrogen-bond donors (Lipinski definition) is 1. The van der Waals surface area contributed by atoms with Crippen LogP contribution in [0.5, 0.6) is 0 Å². The number of nitrogens with zero attached hydrogens (tertiary/aromatic N) is 1. The molecule has 1 aliphatic rings. The van der Waals surface area contributed by atoms with Gasteiger partial charge < -0.3 is 10.2 Å². The Morgan fingerprint density at radius 3 is 2.61 bits per heavy atom. The quantitative estimate of drug-likeness (QED) is 0.871. The van der Waals surface area contributed by atoms with Gasteiger partial charge in [-0.3, -0.25) is 4.79 Å². The van der Waals surface area contributed by atoms with E-state index < -0.39 is 0 Å². The summed E-state index contributed by atoms with van der Waals surface area (Å²) in [4.78, 5) is 14.0. The lowest BCUT2D eigenvalue weighted by atomic mass is 9.89. The first kappa shape index (κ1) is 13.0. The third kappa shape index (κ3) is 2.70. The minimum Gasteiger partial charge on any atom is -0.339 e. The summed E-state index contributed by atoms with van der Waals surface area (Å²) in [6, 6.07) is 5.89. The summed E-state index contributed by atoms with van der Waals surface area (Å²) in [5.74, 6) is -0.439. The molecule has 0 unspecified atom stereocenters. The summed E-state index contributed by atoms with van der Waals surface area (Å²) < 4.78 is 13.1. The van der Waals surface area contributed by atoms with Crippen LogP contribution in [0.3, 0.4) is 0 Å². The number of amides is 1. The van der Waals surface area contributed by atoms with Crippen LogP contribution >= 0.6 is 0 Å². The van der Waals surface area contributed by atoms with E-state index in [9.17, 15) is 9.18 Å². The van der Waals surface area contributed by atoms with Crippen molar-refractivity contribution in [3.63, 3.8) is 0 Å². The second-order valence-corrected chi connectivity index (χ2v) is 5.11. The third-order valence-electron chi connectivity index (χ3n) is 3.83. The van der Waals surface area contributed by atoms with E-state index in [0.29, 0.717) is 18.7 Å². The average Bonchev–Trinajstić information content (AvgIpc) is 2.39. The lowest BCUT2D eigenvalue weighted by Gasteiger charge is -2.39. The summed E-state index contributed by atoms with van der Waals surface area (Å²) in [7, 11) is 1.95. The monoisotopic (exact) mass is 250 g/mol. The third-order valence-corrected chi connectivity index (χ3v) is 3.83. The van der Waals surface area contributed by atoms with Gasteiger partial charge in [0, 0.05) is 24.2 Å². The van der Waals surface area contributed by atoms with Crippen LogP contribution in [0.1, 0.15) is 30.1 Å². The number of halogens is 1. The first-order valence-corrected chi connectivity index (χ1v) is 6.28. The van der Waals surface area contributed by atoms with E-state index in [1.54, 1.807) is 17.0 Å². The van der Waals surface area contributed by atoms with Crippen molar-refractivity contribution in [3.8, 4) is 0 Å². The maximum absolute atomic E-state index is 13.1. The van der Waals surface area contributed by atoms with Crippen molar-refractivity contribution >= 4 is 5.91 Å². The highest BCUT2D eigenvalue weighted by Gasteiger charge is 2.30. The molecule has 1 N–H and O–H groups in total. The number of likely N-dealkylation sites (tertiary alicyclic amines) is 1. The summed E-state index contributed by atoms with van der Waals surface area (Å²) in [6.45, 7) is 3.59. The Labute approximate surface area is 107 Å². The number of nitrogens with one attached hydrogen (secondary N) is 1. The highest BCUT2D eigenvalue weighted by Crippen LogP contribution is 2.22. The largest absolute Gasteiger partial charge is 0.339 e. The number of benzene rings is 1. The Bertz CT molecular complexity index is 439. The van der Waals surface area contributed by atoms with E-state index in [4.69, 9.17) is 0 Å². The molecule has 0 bridgehead atoms. The molecule has 1 saturated heterocycles. The molecule has 18 heavy (non-hydrogen) atoms. The van der Waals surface area contributed by atoms with Crippen LogP contribution in [0.25, 0.3) is 0 Å². The van der Waals surface area contributed by atoms with Crippen molar-refractivity contribution in [2.24, 2.45) is 0 Å². The fourth-order valence-electron chi connectivity index (χ4n) is 2.26. The van der Waals surface area contributed by atoms with Gasteiger partial charge in [-0.15, -0.1) is 0 Å². The lowest BCUT2D eigenvalue weighted by molar-refractivity contribution is 0.0661. The maximum Gasteiger partial charge on any atom is 0.253 e. The van der Waals surface area contributed by atoms with Crippen molar-refractivity contribution in [1.82, 2.24) is 10.2 Å². The Morgan fingerprint density at radius 2 is 2.06 bits per heavy atom. The van der Waals surface area contributed by atoms with Gasteiger partial charge in [0.05, 0.1) is 0 Å². The van der Waals surface area contributed by atoms with Crippen LogP contribution in [-0.2, 0) is 0 Å². The molecule has 98 valence electrons. The van der Waals surface area contributed by atoms with Crippen LogP contribution in [0.2, 0.25) is 0 Å². The fourth-order valence-corrected chi connectivity index (χ4v) is 2.26. The Kier molecular flexibility index (Phi) is 3.66. The Hall–Kier alpha value is -1.42. The SMILES string of the molecule is CNC1(C)CCN(C(=O)c2cccc(F)c2)CC1. The number of hydrogen-bond acceptors (Lipinski definition) is 2. The number of carbonyl (C=O) groups is 1. The zero-order valence-corrected chi connectivity index (χ0v) is 10.9. The smallest absolute Gasteiger partial charge is 0.253 e. The van der Waals surface area contributed by atoms with Gasteiger partial charge in [-0.1, -0.05) is 6.07 Å². The molecule has 1 heterocycles. The van der Waals surface area contributed by atoms with Crippen LogP contribution in [0, 0.1) is 5.82 Å². The van der Waals surface area contributed by atoms with Crippen molar-refractivity contribution in [3.05, 3.63) is 35.6 Å². The predicted molar refractivity (Wildman–Crippen MR) is 69.0 cm³/mol. The van der Waals surface area contributed by atoms with Crippen molar-refractivity contribution in [2.75, 3.05) is 20.1 Å². The van der Waals surface area contributed by atoms with Gasteiger partial charge in [0.2, 0.25) is 0 Å². The van der Waals surface area contributed by atoms with E-state index in [2.05, 4.69) is 12.2 Å². The molecule has 0 atom stereocenters. The molecule has 3 nitrogen and oxygen atoms in total. The van der Waals surface area contributed by atoms with Gasteiger partial charge >= 0.3 is 0 Å². The molecule has 1 fully saturated rings. The first-order chi connectivity index (χ1) is 8.54. The van der Waals surface area contributed by atoms with Gasteiger partial charge in [0.15, 0.2) is 0 Å². The topological polar surface area (TPSA) is 32.3 Å². The lowest BCUT2D eigenvalue weighted by Crippen LogP contribution is -2.51. The minimum absolute atomic E-state index is 0.0762. The van der Waals surface area contributed by atoms with Crippen LogP contribution in [-0.4, -0.2) is 36.5 Å². The number of piperidine rings is 1. The molecule has 0 radical (unpaired) electrons. The Balaban J connectivity index is 2.04. The Morgan fingerprint density at radius 1 is 1.39 bits per heavy atom. The van der Waals surface area contributed by atoms with Gasteiger partial charge in [-0.25, -0.2) is 4.39 Å². The maximum atomic E-state index is 13.1. The molecule has 1 amide bonds. The highest BCUT2D eigenvalue weighted by molar-refractivity contribution is 5.94. The zero-order chi connectivity index (χ0) is 13.2. The van der Waals surface area contributed by atoms with E-state index >= 15 is 0 Å². The molecular weight excluding hydrogens is 231 g/mol. The molecule has 1 aromatic carbocycles. The van der Waals surface area contributed by atoms with E-state index in [1.165, 1.54) is 12.1 Å². The van der Waals surface area contributed by atoms with Crippen LogP contribution < -0.4 is 5.32 Å². The minimum atomic E-state index is -0.363. The van der Waals surface area contributed by atoms with Gasteiger partial charge in [0.25, 0.3) is 5.91 Å². The van der Waals surface area contributed by atoms with Crippen molar-refractivity contribution in [2.45, 2.75) is 25.3 Å². The summed E-state index contributed by atoms with van der Waals surface area (Å²) in [6.07, 6.45) is 1.84. The van der Waals surface area contributed by atoms with Crippen molar-refractivity contribution in [1.29, 1.82) is 0 Å². The molecule has 2 rings (SSSR count). The van der Waals surface area contributed by atoms with E-state index in [0.717, 1.165) is 12.8 Å². The van der Waals surface area contributed by atoms with Crippen LogP contribution in [0.4, 0.5) is 4.39 Å². The first-order valence-electron chi connectivity index (χ1n) is 6.28. The van der Waals surface area contributed by atoms with Gasteiger partial charge in [-0.05, 0) is 45.0 Å². The second kappa shape index (κ2) is 5.06. The predicted octanol–water partition coefficient (Wildman–Crippen LogP) is 2.04. The van der Waals surface area contributed by atoms with Gasteiger partial charge in [0.1, 0.15) is 5.82 Å².